The van der Waals surface area contributed by atoms with Crippen molar-refractivity contribution in [2.24, 2.45) is 0 Å². The molecule has 2 aliphatic rings. The SMILES string of the molecule is O=C1CCC2(CO2)C(O)(CCCCCc2ccccc2)C1. The molecule has 1 heterocycles. The molecule has 2 unspecified atom stereocenters. The Bertz CT molecular complexity index is 492. The number of rotatable bonds is 6. The third-order valence-corrected chi connectivity index (χ3v) is 5.04. The van der Waals surface area contributed by atoms with Crippen LogP contribution < -0.4 is 0 Å². The predicted octanol–water partition coefficient (Wildman–Crippen LogP) is 3.04. The zero-order valence-electron chi connectivity index (χ0n) is 12.5. The van der Waals surface area contributed by atoms with Gasteiger partial charge < -0.3 is 9.84 Å². The van der Waals surface area contributed by atoms with Gasteiger partial charge in [-0.2, -0.15) is 0 Å². The third-order valence-electron chi connectivity index (χ3n) is 5.04. The summed E-state index contributed by atoms with van der Waals surface area (Å²) < 4.78 is 5.53. The van der Waals surface area contributed by atoms with Gasteiger partial charge in [-0.1, -0.05) is 43.2 Å². The summed E-state index contributed by atoms with van der Waals surface area (Å²) in [6.45, 7) is 0.626. The highest BCUT2D eigenvalue weighted by Gasteiger charge is 2.62. The molecule has 1 N–H and O–H groups in total. The average molecular weight is 288 g/mol. The molecule has 3 rings (SSSR count). The quantitative estimate of drug-likeness (QED) is 0.646. The second-order valence-corrected chi connectivity index (χ2v) is 6.58. The Kier molecular flexibility index (Phi) is 4.14. The second kappa shape index (κ2) is 5.90. The smallest absolute Gasteiger partial charge is 0.136 e. The van der Waals surface area contributed by atoms with Crippen molar-refractivity contribution in [1.82, 2.24) is 0 Å². The maximum atomic E-state index is 11.7. The number of carbonyl (C=O) groups is 1. The Morgan fingerprint density at radius 3 is 2.62 bits per heavy atom. The number of ketones is 1. The Labute approximate surface area is 126 Å². The van der Waals surface area contributed by atoms with Crippen LogP contribution in [0.5, 0.6) is 0 Å². The van der Waals surface area contributed by atoms with Crippen LogP contribution in [-0.4, -0.2) is 28.7 Å². The molecule has 1 aromatic carbocycles. The highest BCUT2D eigenvalue weighted by Crippen LogP contribution is 2.50. The number of aryl methyl sites for hydroxylation is 1. The van der Waals surface area contributed by atoms with E-state index in [0.29, 0.717) is 25.9 Å². The lowest BCUT2D eigenvalue weighted by atomic mass is 9.72. The second-order valence-electron chi connectivity index (χ2n) is 6.58. The van der Waals surface area contributed by atoms with Gasteiger partial charge in [0.15, 0.2) is 0 Å². The van der Waals surface area contributed by atoms with E-state index < -0.39 is 5.60 Å². The van der Waals surface area contributed by atoms with Crippen LogP contribution in [0.4, 0.5) is 0 Å². The van der Waals surface area contributed by atoms with Gasteiger partial charge in [0.1, 0.15) is 17.0 Å². The fourth-order valence-corrected chi connectivity index (χ4v) is 3.53. The summed E-state index contributed by atoms with van der Waals surface area (Å²) in [6, 6.07) is 10.5. The fourth-order valence-electron chi connectivity index (χ4n) is 3.53. The standard InChI is InChI=1S/C18H24O3/c19-16-10-12-18(14-21-18)17(20,13-16)11-6-2-5-9-15-7-3-1-4-8-15/h1,3-4,7-8,20H,2,5-6,9-14H2. The van der Waals surface area contributed by atoms with Crippen molar-refractivity contribution < 1.29 is 14.6 Å². The van der Waals surface area contributed by atoms with Crippen LogP contribution in [0.15, 0.2) is 30.3 Å². The maximum absolute atomic E-state index is 11.7. The summed E-state index contributed by atoms with van der Waals surface area (Å²) in [6.07, 6.45) is 6.49. The van der Waals surface area contributed by atoms with Crippen LogP contribution >= 0.6 is 0 Å². The zero-order chi connectivity index (χ0) is 14.8. The molecule has 21 heavy (non-hydrogen) atoms. The highest BCUT2D eigenvalue weighted by atomic mass is 16.6. The summed E-state index contributed by atoms with van der Waals surface area (Å²) in [7, 11) is 0. The van der Waals surface area contributed by atoms with E-state index in [2.05, 4.69) is 24.3 Å². The van der Waals surface area contributed by atoms with Crippen LogP contribution in [-0.2, 0) is 16.0 Å². The van der Waals surface area contributed by atoms with Crippen molar-refractivity contribution in [2.45, 2.75) is 62.6 Å². The lowest BCUT2D eigenvalue weighted by Gasteiger charge is -2.37. The fraction of sp³-hybridized carbons (Fsp3) is 0.611. The first-order valence-corrected chi connectivity index (χ1v) is 8.06. The van der Waals surface area contributed by atoms with Crippen LogP contribution in [0.1, 0.15) is 50.5 Å². The average Bonchev–Trinajstić information content (AvgIpc) is 3.26. The minimum atomic E-state index is -0.908. The third kappa shape index (κ3) is 3.19. The van der Waals surface area contributed by atoms with E-state index in [0.717, 1.165) is 25.7 Å². The highest BCUT2D eigenvalue weighted by molar-refractivity contribution is 5.81. The molecule has 114 valence electrons. The van der Waals surface area contributed by atoms with Crippen LogP contribution in [0.25, 0.3) is 0 Å². The predicted molar refractivity (Wildman–Crippen MR) is 81.1 cm³/mol. The monoisotopic (exact) mass is 288 g/mol. The number of Topliss-reactive ketones (excluding diaryl/α,β-unsaturated/α-hetero) is 1. The Morgan fingerprint density at radius 2 is 1.90 bits per heavy atom. The van der Waals surface area contributed by atoms with Gasteiger partial charge in [-0.3, -0.25) is 4.79 Å². The number of aliphatic hydroxyl groups is 1. The first-order chi connectivity index (χ1) is 10.1. The number of ether oxygens (including phenoxy) is 1. The van der Waals surface area contributed by atoms with Crippen LogP contribution in [0.3, 0.4) is 0 Å². The molecule has 0 amide bonds. The number of carbonyl (C=O) groups excluding carboxylic acids is 1. The summed E-state index contributed by atoms with van der Waals surface area (Å²) >= 11 is 0. The minimum absolute atomic E-state index is 0.183. The van der Waals surface area contributed by atoms with Gasteiger partial charge >= 0.3 is 0 Å². The van der Waals surface area contributed by atoms with Crippen LogP contribution in [0.2, 0.25) is 0 Å². The normalized spacial score (nSPS) is 31.6. The van der Waals surface area contributed by atoms with Gasteiger partial charge in [-0.15, -0.1) is 0 Å². The van der Waals surface area contributed by atoms with E-state index >= 15 is 0 Å². The minimum Gasteiger partial charge on any atom is -0.386 e. The molecule has 2 fully saturated rings. The summed E-state index contributed by atoms with van der Waals surface area (Å²) in [5.41, 5.74) is 0.0705. The Morgan fingerprint density at radius 1 is 1.14 bits per heavy atom. The number of hydrogen-bond donors (Lipinski definition) is 1. The van der Waals surface area contributed by atoms with Crippen molar-refractivity contribution in [3.05, 3.63) is 35.9 Å². The van der Waals surface area contributed by atoms with Crippen molar-refractivity contribution in [3.8, 4) is 0 Å². The Balaban J connectivity index is 1.43. The van der Waals surface area contributed by atoms with Crippen molar-refractivity contribution in [1.29, 1.82) is 0 Å². The molecule has 1 aliphatic heterocycles. The van der Waals surface area contributed by atoms with Crippen molar-refractivity contribution >= 4 is 5.78 Å². The summed E-state index contributed by atoms with van der Waals surface area (Å²) in [5.74, 6) is 0.183. The van der Waals surface area contributed by atoms with Gasteiger partial charge in [-0.05, 0) is 31.2 Å². The number of epoxide rings is 1. The first kappa shape index (κ1) is 14.7. The summed E-state index contributed by atoms with van der Waals surface area (Å²) in [4.78, 5) is 11.7. The zero-order valence-corrected chi connectivity index (χ0v) is 12.5. The number of unbranched alkanes of at least 4 members (excludes halogenated alkanes) is 2. The molecule has 1 aromatic rings. The summed E-state index contributed by atoms with van der Waals surface area (Å²) in [5, 5.41) is 10.8. The molecule has 0 radical (unpaired) electrons. The molecular weight excluding hydrogens is 264 g/mol. The largest absolute Gasteiger partial charge is 0.386 e. The molecule has 1 saturated carbocycles. The van der Waals surface area contributed by atoms with E-state index in [1.807, 2.05) is 6.07 Å². The van der Waals surface area contributed by atoms with E-state index in [9.17, 15) is 9.90 Å². The van der Waals surface area contributed by atoms with E-state index in [-0.39, 0.29) is 17.8 Å². The van der Waals surface area contributed by atoms with Gasteiger partial charge in [0.25, 0.3) is 0 Å². The molecule has 1 saturated heterocycles. The molecule has 0 bridgehead atoms. The van der Waals surface area contributed by atoms with Gasteiger partial charge in [0.2, 0.25) is 0 Å². The van der Waals surface area contributed by atoms with Crippen molar-refractivity contribution in [2.75, 3.05) is 6.61 Å². The number of benzene rings is 1. The van der Waals surface area contributed by atoms with Gasteiger partial charge in [0.05, 0.1) is 6.61 Å². The van der Waals surface area contributed by atoms with Crippen molar-refractivity contribution in [3.63, 3.8) is 0 Å². The lowest BCUT2D eigenvalue weighted by molar-refractivity contribution is -0.136. The Hall–Kier alpha value is -1.19. The van der Waals surface area contributed by atoms with E-state index in [1.165, 1.54) is 5.56 Å². The topological polar surface area (TPSA) is 49.8 Å². The molecule has 0 aromatic heterocycles. The molecule has 1 aliphatic carbocycles. The first-order valence-electron chi connectivity index (χ1n) is 8.06. The molecule has 3 nitrogen and oxygen atoms in total. The molecule has 1 spiro atoms. The van der Waals surface area contributed by atoms with E-state index in [1.54, 1.807) is 0 Å². The van der Waals surface area contributed by atoms with Crippen LogP contribution in [0, 0.1) is 0 Å². The molecule has 3 heteroatoms. The van der Waals surface area contributed by atoms with E-state index in [4.69, 9.17) is 4.74 Å². The number of hydrogen-bond acceptors (Lipinski definition) is 3. The molecule has 2 atom stereocenters. The maximum Gasteiger partial charge on any atom is 0.136 e. The van der Waals surface area contributed by atoms with Gasteiger partial charge in [0, 0.05) is 12.8 Å². The van der Waals surface area contributed by atoms with Gasteiger partial charge in [-0.25, -0.2) is 0 Å². The lowest BCUT2D eigenvalue weighted by Crippen LogP contribution is -2.50. The molecular formula is C18H24O3.